The summed E-state index contributed by atoms with van der Waals surface area (Å²) in [6, 6.07) is 12.1. The van der Waals surface area contributed by atoms with Crippen LogP contribution in [0.15, 0.2) is 48.5 Å². The third-order valence-corrected chi connectivity index (χ3v) is 5.00. The SMILES string of the molecule is CCc1nc(C(=O)N2CCNCC2c2cccc(F)c2)nn1-c1ccccc1F. The summed E-state index contributed by atoms with van der Waals surface area (Å²) in [7, 11) is 0. The van der Waals surface area contributed by atoms with E-state index in [4.69, 9.17) is 0 Å². The summed E-state index contributed by atoms with van der Waals surface area (Å²) in [6.45, 7) is 3.43. The van der Waals surface area contributed by atoms with Crippen LogP contribution in [0.4, 0.5) is 8.78 Å². The molecule has 1 atom stereocenters. The van der Waals surface area contributed by atoms with Crippen molar-refractivity contribution in [3.63, 3.8) is 0 Å². The first-order valence-corrected chi connectivity index (χ1v) is 9.56. The summed E-state index contributed by atoms with van der Waals surface area (Å²) >= 11 is 0. The summed E-state index contributed by atoms with van der Waals surface area (Å²) in [5.74, 6) is -0.642. The summed E-state index contributed by atoms with van der Waals surface area (Å²) in [4.78, 5) is 19.2. The molecule has 2 heterocycles. The fraction of sp³-hybridized carbons (Fsp3) is 0.286. The van der Waals surface area contributed by atoms with Crippen LogP contribution in [0.2, 0.25) is 0 Å². The van der Waals surface area contributed by atoms with E-state index < -0.39 is 5.82 Å². The third kappa shape index (κ3) is 3.75. The van der Waals surface area contributed by atoms with Gasteiger partial charge >= 0.3 is 0 Å². The van der Waals surface area contributed by atoms with Crippen LogP contribution in [-0.4, -0.2) is 45.2 Å². The van der Waals surface area contributed by atoms with Crippen molar-refractivity contribution in [2.45, 2.75) is 19.4 Å². The molecule has 1 unspecified atom stereocenters. The highest BCUT2D eigenvalue weighted by Gasteiger charge is 2.31. The Balaban J connectivity index is 1.69. The summed E-state index contributed by atoms with van der Waals surface area (Å²) < 4.78 is 29.3. The predicted molar refractivity (Wildman–Crippen MR) is 104 cm³/mol. The van der Waals surface area contributed by atoms with Crippen LogP contribution in [-0.2, 0) is 6.42 Å². The number of rotatable bonds is 4. The minimum absolute atomic E-state index is 0.00778. The van der Waals surface area contributed by atoms with Crippen molar-refractivity contribution >= 4 is 5.91 Å². The van der Waals surface area contributed by atoms with E-state index in [0.29, 0.717) is 37.4 Å². The molecule has 0 aliphatic carbocycles. The number of benzene rings is 2. The van der Waals surface area contributed by atoms with Crippen LogP contribution in [0.3, 0.4) is 0 Å². The Labute approximate surface area is 167 Å². The zero-order valence-corrected chi connectivity index (χ0v) is 16.0. The number of para-hydroxylation sites is 1. The Kier molecular flexibility index (Phi) is 5.35. The van der Waals surface area contributed by atoms with Gasteiger partial charge < -0.3 is 10.2 Å². The smallest absolute Gasteiger partial charge is 0.294 e. The second-order valence-corrected chi connectivity index (χ2v) is 6.84. The van der Waals surface area contributed by atoms with E-state index >= 15 is 0 Å². The van der Waals surface area contributed by atoms with Gasteiger partial charge in [0.2, 0.25) is 5.82 Å². The Bertz CT molecular complexity index is 1040. The normalized spacial score (nSPS) is 16.8. The standard InChI is InChI=1S/C21H21F2N5O/c1-2-19-25-20(26-28(19)17-9-4-3-8-16(17)23)21(29)27-11-10-24-13-18(27)14-6-5-7-15(22)12-14/h3-9,12,18,24H,2,10-11,13H2,1H3. The largest absolute Gasteiger partial charge is 0.326 e. The third-order valence-electron chi connectivity index (χ3n) is 5.00. The van der Waals surface area contributed by atoms with E-state index in [0.717, 1.165) is 0 Å². The van der Waals surface area contributed by atoms with Gasteiger partial charge in [0.1, 0.15) is 23.1 Å². The van der Waals surface area contributed by atoms with E-state index in [1.165, 1.54) is 22.9 Å². The minimum Gasteiger partial charge on any atom is -0.326 e. The van der Waals surface area contributed by atoms with E-state index in [9.17, 15) is 13.6 Å². The van der Waals surface area contributed by atoms with Crippen molar-refractivity contribution in [3.8, 4) is 5.69 Å². The molecule has 2 aromatic carbocycles. The molecule has 29 heavy (non-hydrogen) atoms. The van der Waals surface area contributed by atoms with Gasteiger partial charge in [0.05, 0.1) is 6.04 Å². The Morgan fingerprint density at radius 2 is 2.03 bits per heavy atom. The second-order valence-electron chi connectivity index (χ2n) is 6.84. The predicted octanol–water partition coefficient (Wildman–Crippen LogP) is 2.89. The molecule has 1 N–H and O–H groups in total. The maximum absolute atomic E-state index is 14.3. The molecule has 3 aromatic rings. The highest BCUT2D eigenvalue weighted by molar-refractivity contribution is 5.91. The molecule has 0 bridgehead atoms. The van der Waals surface area contributed by atoms with Gasteiger partial charge in [-0.2, -0.15) is 0 Å². The van der Waals surface area contributed by atoms with Crippen LogP contribution in [0, 0.1) is 11.6 Å². The molecule has 6 nitrogen and oxygen atoms in total. The molecule has 0 spiro atoms. The second kappa shape index (κ2) is 8.08. The zero-order chi connectivity index (χ0) is 20.4. The number of hydrogen-bond donors (Lipinski definition) is 1. The van der Waals surface area contributed by atoms with Gasteiger partial charge in [0.15, 0.2) is 0 Å². The lowest BCUT2D eigenvalue weighted by atomic mass is 10.0. The summed E-state index contributed by atoms with van der Waals surface area (Å²) in [5.41, 5.74) is 0.952. The molecule has 0 saturated carbocycles. The molecule has 0 radical (unpaired) electrons. The number of nitrogens with one attached hydrogen (secondary N) is 1. The number of carbonyl (C=O) groups is 1. The maximum atomic E-state index is 14.3. The molecule has 8 heteroatoms. The molecule has 1 saturated heterocycles. The lowest BCUT2D eigenvalue weighted by Gasteiger charge is -2.35. The van der Waals surface area contributed by atoms with Gasteiger partial charge in [-0.1, -0.05) is 31.2 Å². The monoisotopic (exact) mass is 397 g/mol. The van der Waals surface area contributed by atoms with Crippen LogP contribution in [0.25, 0.3) is 5.69 Å². The lowest BCUT2D eigenvalue weighted by Crippen LogP contribution is -2.49. The highest BCUT2D eigenvalue weighted by atomic mass is 19.1. The fourth-order valence-electron chi connectivity index (χ4n) is 3.57. The maximum Gasteiger partial charge on any atom is 0.294 e. The van der Waals surface area contributed by atoms with E-state index in [-0.39, 0.29) is 29.3 Å². The Morgan fingerprint density at radius 3 is 2.79 bits per heavy atom. The first-order chi connectivity index (χ1) is 14.1. The summed E-state index contributed by atoms with van der Waals surface area (Å²) in [6.07, 6.45) is 0.490. The van der Waals surface area contributed by atoms with Gasteiger partial charge in [0.25, 0.3) is 5.91 Å². The molecule has 1 aliphatic rings. The van der Waals surface area contributed by atoms with Crippen LogP contribution < -0.4 is 5.32 Å². The number of amides is 1. The number of hydrogen-bond acceptors (Lipinski definition) is 4. The number of halogens is 2. The molecule has 150 valence electrons. The van der Waals surface area contributed by atoms with Gasteiger partial charge in [-0.05, 0) is 29.8 Å². The van der Waals surface area contributed by atoms with E-state index in [2.05, 4.69) is 15.4 Å². The highest BCUT2D eigenvalue weighted by Crippen LogP contribution is 2.25. The van der Waals surface area contributed by atoms with Crippen molar-refractivity contribution in [1.29, 1.82) is 0 Å². The fourth-order valence-corrected chi connectivity index (χ4v) is 3.57. The van der Waals surface area contributed by atoms with Gasteiger partial charge in [-0.15, -0.1) is 5.10 Å². The van der Waals surface area contributed by atoms with Crippen molar-refractivity contribution in [2.24, 2.45) is 0 Å². The van der Waals surface area contributed by atoms with E-state index in [1.54, 1.807) is 35.2 Å². The molecule has 1 amide bonds. The van der Waals surface area contributed by atoms with Gasteiger partial charge in [-0.25, -0.2) is 18.4 Å². The molecule has 1 aromatic heterocycles. The molecule has 4 rings (SSSR count). The summed E-state index contributed by atoms with van der Waals surface area (Å²) in [5, 5.41) is 7.55. The van der Waals surface area contributed by atoms with Crippen molar-refractivity contribution in [1.82, 2.24) is 25.0 Å². The number of carbonyl (C=O) groups excluding carboxylic acids is 1. The minimum atomic E-state index is -0.439. The molecular formula is C21H21F2N5O. The molecule has 1 fully saturated rings. The van der Waals surface area contributed by atoms with Crippen molar-refractivity contribution in [3.05, 3.63) is 77.4 Å². The number of aromatic nitrogens is 3. The lowest BCUT2D eigenvalue weighted by molar-refractivity contribution is 0.0621. The first-order valence-electron chi connectivity index (χ1n) is 9.56. The Hall–Kier alpha value is -3.13. The molecular weight excluding hydrogens is 376 g/mol. The zero-order valence-electron chi connectivity index (χ0n) is 16.0. The number of piperazine rings is 1. The quantitative estimate of drug-likeness (QED) is 0.735. The number of aryl methyl sites for hydroxylation is 1. The molecule has 1 aliphatic heterocycles. The van der Waals surface area contributed by atoms with Crippen molar-refractivity contribution < 1.29 is 13.6 Å². The van der Waals surface area contributed by atoms with E-state index in [1.807, 2.05) is 6.92 Å². The average Bonchev–Trinajstić information content (AvgIpc) is 3.18. The Morgan fingerprint density at radius 1 is 1.21 bits per heavy atom. The first kappa shape index (κ1) is 19.2. The van der Waals surface area contributed by atoms with Gasteiger partial charge in [-0.3, -0.25) is 4.79 Å². The van der Waals surface area contributed by atoms with Crippen molar-refractivity contribution in [2.75, 3.05) is 19.6 Å². The number of nitrogens with zero attached hydrogens (tertiary/aromatic N) is 4. The average molecular weight is 397 g/mol. The van der Waals surface area contributed by atoms with Crippen LogP contribution >= 0.6 is 0 Å². The topological polar surface area (TPSA) is 63.1 Å². The van der Waals surface area contributed by atoms with Crippen LogP contribution in [0.1, 0.15) is 35.0 Å². The van der Waals surface area contributed by atoms with Gasteiger partial charge in [0, 0.05) is 26.1 Å². The van der Waals surface area contributed by atoms with Crippen LogP contribution in [0.5, 0.6) is 0 Å².